The monoisotopic (exact) mass is 381 g/mol. The van der Waals surface area contributed by atoms with Crippen molar-refractivity contribution < 1.29 is 9.90 Å². The average molecular weight is 382 g/mol. The third-order valence-corrected chi connectivity index (χ3v) is 6.03. The van der Waals surface area contributed by atoms with Gasteiger partial charge in [0.05, 0.1) is 0 Å². The second kappa shape index (κ2) is 17.5. The molecule has 1 saturated heterocycles. The van der Waals surface area contributed by atoms with Gasteiger partial charge in [-0.25, -0.2) is 0 Å². The van der Waals surface area contributed by atoms with Gasteiger partial charge in [-0.15, -0.1) is 0 Å². The largest absolute Gasteiger partial charge is 0.383 e. The van der Waals surface area contributed by atoms with E-state index < -0.39 is 6.10 Å². The number of rotatable bonds is 16. The summed E-state index contributed by atoms with van der Waals surface area (Å²) in [5, 5.41) is 10.2. The van der Waals surface area contributed by atoms with Gasteiger partial charge in [0.15, 0.2) is 0 Å². The highest BCUT2D eigenvalue weighted by Crippen LogP contribution is 2.15. The topological polar surface area (TPSA) is 40.5 Å². The van der Waals surface area contributed by atoms with Gasteiger partial charge in [0.1, 0.15) is 6.10 Å². The molecule has 0 aromatic heterocycles. The van der Waals surface area contributed by atoms with Crippen molar-refractivity contribution in [1.29, 1.82) is 0 Å². The minimum atomic E-state index is -0.763. The number of aliphatic hydroxyl groups is 1. The van der Waals surface area contributed by atoms with Crippen molar-refractivity contribution >= 4 is 5.91 Å². The first kappa shape index (κ1) is 24.5. The van der Waals surface area contributed by atoms with Gasteiger partial charge < -0.3 is 10.0 Å². The fraction of sp³-hybridized carbons (Fsp3) is 0.958. The zero-order valence-electron chi connectivity index (χ0n) is 18.2. The van der Waals surface area contributed by atoms with Crippen LogP contribution in [-0.2, 0) is 4.79 Å². The number of likely N-dealkylation sites (tertiary alicyclic amines) is 1. The molecule has 0 aromatic rings. The summed E-state index contributed by atoms with van der Waals surface area (Å²) in [7, 11) is 0. The van der Waals surface area contributed by atoms with E-state index in [2.05, 4.69) is 6.92 Å². The van der Waals surface area contributed by atoms with Gasteiger partial charge >= 0.3 is 0 Å². The highest BCUT2D eigenvalue weighted by molar-refractivity contribution is 5.80. The van der Waals surface area contributed by atoms with E-state index in [1.807, 2.05) is 4.90 Å². The second-order valence-electron chi connectivity index (χ2n) is 8.64. The van der Waals surface area contributed by atoms with E-state index in [1.54, 1.807) is 0 Å². The molecule has 1 aliphatic rings. The molecule has 0 aromatic carbocycles. The van der Waals surface area contributed by atoms with Gasteiger partial charge in [0, 0.05) is 13.1 Å². The molecule has 27 heavy (non-hydrogen) atoms. The lowest BCUT2D eigenvalue weighted by molar-refractivity contribution is -0.140. The molecule has 0 saturated carbocycles. The van der Waals surface area contributed by atoms with Crippen molar-refractivity contribution in [2.75, 3.05) is 13.1 Å². The maximum atomic E-state index is 12.3. The summed E-state index contributed by atoms with van der Waals surface area (Å²) in [6, 6.07) is 0. The molecule has 1 aliphatic heterocycles. The summed E-state index contributed by atoms with van der Waals surface area (Å²) in [6.07, 6.45) is 23.2. The lowest BCUT2D eigenvalue weighted by atomic mass is 10.0. The molecule has 160 valence electrons. The molecule has 0 aliphatic carbocycles. The van der Waals surface area contributed by atoms with Crippen LogP contribution >= 0.6 is 0 Å². The normalized spacial score (nSPS) is 16.3. The van der Waals surface area contributed by atoms with Crippen LogP contribution in [0.15, 0.2) is 0 Å². The zero-order valence-corrected chi connectivity index (χ0v) is 18.2. The van der Waals surface area contributed by atoms with Crippen LogP contribution in [0, 0.1) is 0 Å². The summed E-state index contributed by atoms with van der Waals surface area (Å²) in [4.78, 5) is 14.2. The molecule has 0 radical (unpaired) electrons. The predicted octanol–water partition coefficient (Wildman–Crippen LogP) is 6.62. The Labute approximate surface area is 169 Å². The van der Waals surface area contributed by atoms with Gasteiger partial charge in [-0.3, -0.25) is 4.79 Å². The van der Waals surface area contributed by atoms with E-state index >= 15 is 0 Å². The molecule has 0 bridgehead atoms. The number of carbonyl (C=O) groups excluding carboxylic acids is 1. The first-order valence-corrected chi connectivity index (χ1v) is 12.2. The molecular formula is C24H47NO2. The summed E-state index contributed by atoms with van der Waals surface area (Å²) in [5.74, 6) is -0.0217. The number of nitrogens with zero attached hydrogens (tertiary/aromatic N) is 1. The van der Waals surface area contributed by atoms with Crippen molar-refractivity contribution in [3.05, 3.63) is 0 Å². The molecule has 1 rings (SSSR count). The van der Waals surface area contributed by atoms with Crippen LogP contribution < -0.4 is 0 Å². The second-order valence-corrected chi connectivity index (χ2v) is 8.64. The van der Waals surface area contributed by atoms with Crippen LogP contribution in [0.1, 0.15) is 129 Å². The molecule has 0 spiro atoms. The van der Waals surface area contributed by atoms with Crippen molar-refractivity contribution in [2.45, 2.75) is 135 Å². The number of carbonyl (C=O) groups is 1. The summed E-state index contributed by atoms with van der Waals surface area (Å²) in [6.45, 7) is 3.96. The lowest BCUT2D eigenvalue weighted by Crippen LogP contribution is -2.39. The summed E-state index contributed by atoms with van der Waals surface area (Å²) >= 11 is 0. The van der Waals surface area contributed by atoms with Crippen LogP contribution in [0.3, 0.4) is 0 Å². The molecule has 1 atom stereocenters. The smallest absolute Gasteiger partial charge is 0.251 e. The first-order valence-electron chi connectivity index (χ1n) is 12.2. The highest BCUT2D eigenvalue weighted by Gasteiger charge is 2.22. The molecule has 1 N–H and O–H groups in total. The van der Waals surface area contributed by atoms with Crippen LogP contribution in [0.25, 0.3) is 0 Å². The van der Waals surface area contributed by atoms with E-state index in [-0.39, 0.29) is 5.91 Å². The molecule has 1 heterocycles. The quantitative estimate of drug-likeness (QED) is 0.305. The molecule has 3 heteroatoms. The summed E-state index contributed by atoms with van der Waals surface area (Å²) in [5.41, 5.74) is 0. The van der Waals surface area contributed by atoms with Crippen molar-refractivity contribution in [1.82, 2.24) is 4.90 Å². The van der Waals surface area contributed by atoms with Crippen LogP contribution in [0.4, 0.5) is 0 Å². The number of amides is 1. The van der Waals surface area contributed by atoms with Gasteiger partial charge in [-0.05, 0) is 19.3 Å². The summed E-state index contributed by atoms with van der Waals surface area (Å²) < 4.78 is 0. The van der Waals surface area contributed by atoms with E-state index in [0.29, 0.717) is 6.42 Å². The minimum absolute atomic E-state index is 0.0217. The number of hydrogen-bond donors (Lipinski definition) is 1. The lowest BCUT2D eigenvalue weighted by Gasteiger charge is -2.23. The Bertz CT molecular complexity index is 337. The van der Waals surface area contributed by atoms with Gasteiger partial charge in [-0.1, -0.05) is 110 Å². The van der Waals surface area contributed by atoms with Crippen molar-refractivity contribution in [3.63, 3.8) is 0 Å². The van der Waals surface area contributed by atoms with Crippen molar-refractivity contribution in [3.8, 4) is 0 Å². The van der Waals surface area contributed by atoms with Crippen molar-refractivity contribution in [2.24, 2.45) is 0 Å². The maximum absolute atomic E-state index is 12.3. The molecule has 1 unspecified atom stereocenters. The maximum Gasteiger partial charge on any atom is 0.251 e. The fourth-order valence-electron chi connectivity index (χ4n) is 4.16. The Morgan fingerprint density at radius 2 is 1.11 bits per heavy atom. The van der Waals surface area contributed by atoms with Crippen LogP contribution in [0.2, 0.25) is 0 Å². The van der Waals surface area contributed by atoms with Gasteiger partial charge in [0.2, 0.25) is 0 Å². The minimum Gasteiger partial charge on any atom is -0.383 e. The zero-order chi connectivity index (χ0) is 19.6. The van der Waals surface area contributed by atoms with E-state index in [1.165, 1.54) is 89.9 Å². The Morgan fingerprint density at radius 3 is 1.56 bits per heavy atom. The standard InChI is InChI=1S/C24H47NO2/c1-2-3-4-5-6-7-8-9-10-11-12-13-14-17-20-23(26)24(27)25-21-18-15-16-19-22-25/h23,26H,2-22H2,1H3. The highest BCUT2D eigenvalue weighted by atomic mass is 16.3. The van der Waals surface area contributed by atoms with Crippen LogP contribution in [-0.4, -0.2) is 35.1 Å². The molecular weight excluding hydrogens is 334 g/mol. The van der Waals surface area contributed by atoms with Crippen LogP contribution in [0.5, 0.6) is 0 Å². The molecule has 3 nitrogen and oxygen atoms in total. The predicted molar refractivity (Wildman–Crippen MR) is 116 cm³/mol. The Hall–Kier alpha value is -0.570. The fourth-order valence-corrected chi connectivity index (χ4v) is 4.16. The Balaban J connectivity index is 1.86. The van der Waals surface area contributed by atoms with E-state index in [0.717, 1.165) is 38.8 Å². The molecule has 1 amide bonds. The third-order valence-electron chi connectivity index (χ3n) is 6.03. The first-order chi connectivity index (χ1) is 13.3. The van der Waals surface area contributed by atoms with E-state index in [4.69, 9.17) is 0 Å². The number of aliphatic hydroxyl groups excluding tert-OH is 1. The van der Waals surface area contributed by atoms with E-state index in [9.17, 15) is 9.90 Å². The SMILES string of the molecule is CCCCCCCCCCCCCCCCC(O)C(=O)N1CCCCCC1. The Morgan fingerprint density at radius 1 is 0.704 bits per heavy atom. The Kier molecular flexibility index (Phi) is 15.9. The molecule has 1 fully saturated rings. The number of hydrogen-bond acceptors (Lipinski definition) is 2. The number of unbranched alkanes of at least 4 members (excludes halogenated alkanes) is 13. The van der Waals surface area contributed by atoms with Gasteiger partial charge in [0.25, 0.3) is 5.91 Å². The third kappa shape index (κ3) is 13.3. The van der Waals surface area contributed by atoms with Gasteiger partial charge in [-0.2, -0.15) is 0 Å². The average Bonchev–Trinajstić information content (AvgIpc) is 2.97.